The first-order chi connectivity index (χ1) is 6.79. The Hall–Kier alpha value is -0.650. The molecule has 1 saturated heterocycles. The minimum Gasteiger partial charge on any atom is -0.394 e. The van der Waals surface area contributed by atoms with Crippen LogP contribution in [0, 0.1) is 0 Å². The maximum Gasteiger partial charge on any atom is 0.249 e. The highest BCUT2D eigenvalue weighted by Gasteiger charge is 2.26. The van der Waals surface area contributed by atoms with Crippen LogP contribution < -0.4 is 0 Å². The lowest BCUT2D eigenvalue weighted by Gasteiger charge is -2.34. The second-order valence-electron chi connectivity index (χ2n) is 3.14. The van der Waals surface area contributed by atoms with Crippen LogP contribution in [0.25, 0.3) is 0 Å². The quantitative estimate of drug-likeness (QED) is 0.652. The molecule has 1 heterocycles. The van der Waals surface area contributed by atoms with Crippen molar-refractivity contribution in [2.45, 2.75) is 13.0 Å². The van der Waals surface area contributed by atoms with Crippen molar-refractivity contribution < 1.29 is 19.4 Å². The molecule has 1 fully saturated rings. The zero-order valence-corrected chi connectivity index (χ0v) is 8.44. The molecule has 1 atom stereocenters. The SMILES string of the molecule is CCOCC(=O)N1CCOC[C@H]1CO. The minimum atomic E-state index is -0.211. The number of carbonyl (C=O) groups excluding carboxylic acids is 1. The maximum absolute atomic E-state index is 11.6. The van der Waals surface area contributed by atoms with Crippen molar-refractivity contribution in [1.82, 2.24) is 4.90 Å². The molecule has 0 bridgehead atoms. The third-order valence-electron chi connectivity index (χ3n) is 2.19. The van der Waals surface area contributed by atoms with Gasteiger partial charge in [0.05, 0.1) is 25.9 Å². The van der Waals surface area contributed by atoms with Crippen molar-refractivity contribution >= 4 is 5.91 Å². The van der Waals surface area contributed by atoms with E-state index in [1.54, 1.807) is 4.90 Å². The van der Waals surface area contributed by atoms with Crippen molar-refractivity contribution in [3.05, 3.63) is 0 Å². The van der Waals surface area contributed by atoms with Crippen molar-refractivity contribution in [3.63, 3.8) is 0 Å². The Labute approximate surface area is 83.6 Å². The van der Waals surface area contributed by atoms with Crippen LogP contribution in [0.4, 0.5) is 0 Å². The zero-order chi connectivity index (χ0) is 10.4. The lowest BCUT2D eigenvalue weighted by Crippen LogP contribution is -2.51. The van der Waals surface area contributed by atoms with Crippen LogP contribution in [0.15, 0.2) is 0 Å². The third kappa shape index (κ3) is 2.94. The molecular weight excluding hydrogens is 186 g/mol. The molecule has 5 heteroatoms. The Morgan fingerprint density at radius 3 is 3.14 bits per heavy atom. The molecule has 0 radical (unpaired) electrons. The standard InChI is InChI=1S/C9H17NO4/c1-2-13-7-9(12)10-3-4-14-6-8(10)5-11/h8,11H,2-7H2,1H3/t8-/m1/s1. The Bertz CT molecular complexity index is 186. The van der Waals surface area contributed by atoms with Gasteiger partial charge in [0.25, 0.3) is 0 Å². The summed E-state index contributed by atoms with van der Waals surface area (Å²) < 4.78 is 10.2. The van der Waals surface area contributed by atoms with Crippen molar-refractivity contribution in [2.24, 2.45) is 0 Å². The van der Waals surface area contributed by atoms with Gasteiger partial charge in [-0.15, -0.1) is 0 Å². The van der Waals surface area contributed by atoms with Gasteiger partial charge >= 0.3 is 0 Å². The van der Waals surface area contributed by atoms with E-state index < -0.39 is 0 Å². The molecule has 1 aliphatic rings. The summed E-state index contributed by atoms with van der Waals surface area (Å²) in [6.45, 7) is 3.89. The second-order valence-corrected chi connectivity index (χ2v) is 3.14. The Morgan fingerprint density at radius 1 is 1.71 bits per heavy atom. The van der Waals surface area contributed by atoms with Gasteiger partial charge in [0.15, 0.2) is 0 Å². The molecule has 5 nitrogen and oxygen atoms in total. The number of rotatable bonds is 4. The van der Waals surface area contributed by atoms with Crippen LogP contribution in [0.5, 0.6) is 0 Å². The van der Waals surface area contributed by atoms with Crippen LogP contribution in [0.3, 0.4) is 0 Å². The number of hydrogen-bond donors (Lipinski definition) is 1. The lowest BCUT2D eigenvalue weighted by atomic mass is 10.2. The molecule has 0 spiro atoms. The predicted octanol–water partition coefficient (Wildman–Crippen LogP) is -0.757. The summed E-state index contributed by atoms with van der Waals surface area (Å²) in [5.74, 6) is -0.0748. The summed E-state index contributed by atoms with van der Waals surface area (Å²) in [7, 11) is 0. The summed E-state index contributed by atoms with van der Waals surface area (Å²) >= 11 is 0. The van der Waals surface area contributed by atoms with Gasteiger partial charge in [0.1, 0.15) is 6.61 Å². The highest BCUT2D eigenvalue weighted by molar-refractivity contribution is 5.77. The van der Waals surface area contributed by atoms with E-state index >= 15 is 0 Å². The highest BCUT2D eigenvalue weighted by Crippen LogP contribution is 2.06. The number of carbonyl (C=O) groups is 1. The molecule has 0 aliphatic carbocycles. The smallest absolute Gasteiger partial charge is 0.249 e. The van der Waals surface area contributed by atoms with Gasteiger partial charge in [-0.1, -0.05) is 0 Å². The average molecular weight is 203 g/mol. The van der Waals surface area contributed by atoms with Crippen molar-refractivity contribution in [3.8, 4) is 0 Å². The van der Waals surface area contributed by atoms with E-state index in [-0.39, 0.29) is 25.2 Å². The molecule has 0 aromatic heterocycles. The van der Waals surface area contributed by atoms with Gasteiger partial charge in [0.2, 0.25) is 5.91 Å². The van der Waals surface area contributed by atoms with Crippen LogP contribution in [0.2, 0.25) is 0 Å². The average Bonchev–Trinajstić information content (AvgIpc) is 2.25. The minimum absolute atomic E-state index is 0.0577. The molecule has 14 heavy (non-hydrogen) atoms. The Balaban J connectivity index is 2.41. The fraction of sp³-hybridized carbons (Fsp3) is 0.889. The van der Waals surface area contributed by atoms with Gasteiger partial charge in [-0.05, 0) is 6.92 Å². The van der Waals surface area contributed by atoms with Gasteiger partial charge in [-0.25, -0.2) is 0 Å². The van der Waals surface area contributed by atoms with Gasteiger partial charge in [0, 0.05) is 13.2 Å². The number of aliphatic hydroxyl groups excluding tert-OH is 1. The van der Waals surface area contributed by atoms with Crippen molar-refractivity contribution in [2.75, 3.05) is 39.6 Å². The normalized spacial score (nSPS) is 22.4. The summed E-state index contributed by atoms with van der Waals surface area (Å²) in [5, 5.41) is 9.02. The van der Waals surface area contributed by atoms with E-state index in [1.807, 2.05) is 6.92 Å². The fourth-order valence-electron chi connectivity index (χ4n) is 1.41. The van der Waals surface area contributed by atoms with Crippen LogP contribution in [0.1, 0.15) is 6.92 Å². The van der Waals surface area contributed by atoms with E-state index in [4.69, 9.17) is 14.6 Å². The summed E-state index contributed by atoms with van der Waals surface area (Å²) in [6, 6.07) is -0.211. The molecule has 1 rings (SSSR count). The predicted molar refractivity (Wildman–Crippen MR) is 49.9 cm³/mol. The first-order valence-corrected chi connectivity index (χ1v) is 4.85. The summed E-state index contributed by atoms with van der Waals surface area (Å²) in [6.07, 6.45) is 0. The zero-order valence-electron chi connectivity index (χ0n) is 8.44. The summed E-state index contributed by atoms with van der Waals surface area (Å²) in [4.78, 5) is 13.2. The molecule has 1 N–H and O–H groups in total. The van der Waals surface area contributed by atoms with E-state index in [0.717, 1.165) is 0 Å². The topological polar surface area (TPSA) is 59.0 Å². The number of nitrogens with zero attached hydrogens (tertiary/aromatic N) is 1. The van der Waals surface area contributed by atoms with Crippen molar-refractivity contribution in [1.29, 1.82) is 0 Å². The third-order valence-corrected chi connectivity index (χ3v) is 2.19. The number of aliphatic hydroxyl groups is 1. The van der Waals surface area contributed by atoms with Gasteiger partial charge in [-0.3, -0.25) is 4.79 Å². The van der Waals surface area contributed by atoms with E-state index in [2.05, 4.69) is 0 Å². The fourth-order valence-corrected chi connectivity index (χ4v) is 1.41. The largest absolute Gasteiger partial charge is 0.394 e. The first kappa shape index (κ1) is 11.4. The molecule has 0 aromatic carbocycles. The Morgan fingerprint density at radius 2 is 2.50 bits per heavy atom. The summed E-state index contributed by atoms with van der Waals surface area (Å²) in [5.41, 5.74) is 0. The first-order valence-electron chi connectivity index (χ1n) is 4.85. The number of hydrogen-bond acceptors (Lipinski definition) is 4. The molecule has 0 saturated carbocycles. The molecule has 0 unspecified atom stereocenters. The van der Waals surface area contributed by atoms with Gasteiger partial charge in [-0.2, -0.15) is 0 Å². The monoisotopic (exact) mass is 203 g/mol. The number of ether oxygens (including phenoxy) is 2. The number of amides is 1. The van der Waals surface area contributed by atoms with E-state index in [0.29, 0.717) is 26.4 Å². The van der Waals surface area contributed by atoms with Crippen LogP contribution in [-0.4, -0.2) is 61.5 Å². The molecule has 1 amide bonds. The van der Waals surface area contributed by atoms with E-state index in [9.17, 15) is 4.79 Å². The molecule has 1 aliphatic heterocycles. The number of morpholine rings is 1. The maximum atomic E-state index is 11.6. The lowest BCUT2D eigenvalue weighted by molar-refractivity contribution is -0.146. The molecule has 0 aromatic rings. The van der Waals surface area contributed by atoms with E-state index in [1.165, 1.54) is 0 Å². The Kier molecular flexibility index (Phi) is 4.86. The molecule has 82 valence electrons. The highest BCUT2D eigenvalue weighted by atomic mass is 16.5. The van der Waals surface area contributed by atoms with Crippen LogP contribution in [-0.2, 0) is 14.3 Å². The van der Waals surface area contributed by atoms with Gasteiger partial charge < -0.3 is 19.5 Å². The van der Waals surface area contributed by atoms with Crippen LogP contribution >= 0.6 is 0 Å². The molecular formula is C9H17NO4. The second kappa shape index (κ2) is 5.95.